The van der Waals surface area contributed by atoms with Crippen molar-refractivity contribution in [1.29, 1.82) is 0 Å². The molecule has 3 aromatic heterocycles. The Morgan fingerprint density at radius 3 is 2.59 bits per heavy atom. The van der Waals surface area contributed by atoms with Gasteiger partial charge < -0.3 is 9.80 Å². The molecule has 0 aromatic carbocycles. The number of amides is 1. The quantitative estimate of drug-likeness (QED) is 0.697. The van der Waals surface area contributed by atoms with E-state index in [0.717, 1.165) is 39.3 Å². The number of aryl methyl sites for hydroxylation is 2. The summed E-state index contributed by atoms with van der Waals surface area (Å²) in [6.45, 7) is 9.25. The van der Waals surface area contributed by atoms with Gasteiger partial charge in [0.15, 0.2) is 5.69 Å². The van der Waals surface area contributed by atoms with Crippen LogP contribution in [0, 0.1) is 13.8 Å². The van der Waals surface area contributed by atoms with E-state index >= 15 is 0 Å². The number of pyridine rings is 1. The van der Waals surface area contributed by atoms with Gasteiger partial charge in [0.2, 0.25) is 0 Å². The Kier molecular flexibility index (Phi) is 4.79. The molecule has 2 N–H and O–H groups in total. The van der Waals surface area contributed by atoms with Gasteiger partial charge in [-0.05, 0) is 45.6 Å². The lowest BCUT2D eigenvalue weighted by atomic mass is 9.97. The maximum Gasteiger partial charge on any atom is 0.275 e. The lowest BCUT2D eigenvalue weighted by molar-refractivity contribution is 0.0394. The second kappa shape index (κ2) is 7.29. The fourth-order valence-electron chi connectivity index (χ4n) is 3.60. The zero-order chi connectivity index (χ0) is 20.7. The van der Waals surface area contributed by atoms with Gasteiger partial charge in [-0.15, -0.1) is 0 Å². The first-order valence-electron chi connectivity index (χ1n) is 9.54. The van der Waals surface area contributed by atoms with Crippen LogP contribution >= 0.6 is 0 Å². The number of nitrogens with one attached hydrogen (secondary N) is 2. The van der Waals surface area contributed by atoms with E-state index in [9.17, 15) is 4.79 Å². The molecule has 1 amide bonds. The summed E-state index contributed by atoms with van der Waals surface area (Å²) < 4.78 is 0. The van der Waals surface area contributed by atoms with Crippen molar-refractivity contribution in [2.75, 3.05) is 27.2 Å². The summed E-state index contributed by atoms with van der Waals surface area (Å²) in [6.07, 6.45) is 5.25. The Labute approximate surface area is 169 Å². The zero-order valence-electron chi connectivity index (χ0n) is 17.2. The van der Waals surface area contributed by atoms with E-state index in [1.165, 1.54) is 0 Å². The van der Waals surface area contributed by atoms with E-state index in [4.69, 9.17) is 0 Å². The van der Waals surface area contributed by atoms with Crippen LogP contribution in [0.2, 0.25) is 0 Å². The SMILES string of the molecule is C=Cc1[nH]nc(C(=O)N2CC(N(C)C)C2)c1-c1cnc(-c2cn[nH]c2C)cc1C. The number of aromatic nitrogens is 5. The highest BCUT2D eigenvalue weighted by Crippen LogP contribution is 2.33. The number of likely N-dealkylation sites (N-methyl/N-ethyl adjacent to an activating group) is 1. The molecule has 0 bridgehead atoms. The number of hydrogen-bond donors (Lipinski definition) is 2. The van der Waals surface area contributed by atoms with Gasteiger partial charge in [0.1, 0.15) is 0 Å². The Bertz CT molecular complexity index is 1070. The number of nitrogens with zero attached hydrogens (tertiary/aromatic N) is 5. The number of carbonyl (C=O) groups is 1. The number of carbonyl (C=O) groups excluding carboxylic acids is 1. The molecule has 4 rings (SSSR count). The first-order chi connectivity index (χ1) is 13.9. The van der Waals surface area contributed by atoms with Crippen molar-refractivity contribution >= 4 is 12.0 Å². The van der Waals surface area contributed by atoms with Crippen molar-refractivity contribution in [1.82, 2.24) is 35.2 Å². The molecule has 1 aliphatic rings. The second-order valence-corrected chi connectivity index (χ2v) is 7.69. The lowest BCUT2D eigenvalue weighted by Gasteiger charge is -2.42. The van der Waals surface area contributed by atoms with Crippen molar-refractivity contribution in [3.05, 3.63) is 47.7 Å². The lowest BCUT2D eigenvalue weighted by Crippen LogP contribution is -2.59. The van der Waals surface area contributed by atoms with Crippen LogP contribution in [0.1, 0.15) is 27.4 Å². The van der Waals surface area contributed by atoms with Gasteiger partial charge in [-0.3, -0.25) is 20.0 Å². The molecule has 1 aliphatic heterocycles. The van der Waals surface area contributed by atoms with E-state index in [2.05, 4.69) is 36.9 Å². The highest BCUT2D eigenvalue weighted by Gasteiger charge is 2.35. The standard InChI is InChI=1S/C21H25N7O/c1-6-17-19(20(26-25-17)21(29)28-10-14(11-28)27(4)5)15-8-22-18(7-12(15)2)16-9-23-24-13(16)3/h6-9,14H,1,10-11H2,2-5H3,(H,23,24)(H,25,26). The molecule has 29 heavy (non-hydrogen) atoms. The predicted octanol–water partition coefficient (Wildman–Crippen LogP) is 2.51. The highest BCUT2D eigenvalue weighted by atomic mass is 16.2. The molecule has 8 nitrogen and oxygen atoms in total. The molecule has 0 saturated carbocycles. The first-order valence-corrected chi connectivity index (χ1v) is 9.54. The van der Waals surface area contributed by atoms with Gasteiger partial charge in [0, 0.05) is 47.7 Å². The normalized spacial score (nSPS) is 14.3. The van der Waals surface area contributed by atoms with Crippen LogP contribution in [-0.4, -0.2) is 74.3 Å². The summed E-state index contributed by atoms with van der Waals surface area (Å²) in [6, 6.07) is 2.40. The minimum atomic E-state index is -0.0726. The summed E-state index contributed by atoms with van der Waals surface area (Å²) in [4.78, 5) is 21.7. The summed E-state index contributed by atoms with van der Waals surface area (Å²) in [5.74, 6) is -0.0726. The topological polar surface area (TPSA) is 93.8 Å². The van der Waals surface area contributed by atoms with Crippen molar-refractivity contribution < 1.29 is 4.79 Å². The molecular weight excluding hydrogens is 366 g/mol. The van der Waals surface area contributed by atoms with Crippen molar-refractivity contribution in [3.63, 3.8) is 0 Å². The van der Waals surface area contributed by atoms with E-state index in [0.29, 0.717) is 24.8 Å². The fraction of sp³-hybridized carbons (Fsp3) is 0.333. The minimum Gasteiger partial charge on any atom is -0.334 e. The number of likely N-dealkylation sites (tertiary alicyclic amines) is 1. The van der Waals surface area contributed by atoms with Gasteiger partial charge in [-0.25, -0.2) is 0 Å². The van der Waals surface area contributed by atoms with E-state index < -0.39 is 0 Å². The Hall–Kier alpha value is -3.26. The average Bonchev–Trinajstić information content (AvgIpc) is 3.25. The van der Waals surface area contributed by atoms with Crippen LogP contribution in [-0.2, 0) is 0 Å². The molecule has 150 valence electrons. The Morgan fingerprint density at radius 2 is 2.00 bits per heavy atom. The third kappa shape index (κ3) is 3.25. The smallest absolute Gasteiger partial charge is 0.275 e. The summed E-state index contributed by atoms with van der Waals surface area (Å²) >= 11 is 0. The summed E-state index contributed by atoms with van der Waals surface area (Å²) in [7, 11) is 4.06. The average molecular weight is 391 g/mol. The van der Waals surface area contributed by atoms with Gasteiger partial charge in [0.05, 0.1) is 17.6 Å². The third-order valence-corrected chi connectivity index (χ3v) is 5.57. The van der Waals surface area contributed by atoms with Crippen LogP contribution < -0.4 is 0 Å². The maximum atomic E-state index is 13.1. The van der Waals surface area contributed by atoms with Crippen LogP contribution in [0.25, 0.3) is 28.5 Å². The van der Waals surface area contributed by atoms with Crippen LogP contribution in [0.5, 0.6) is 0 Å². The maximum absolute atomic E-state index is 13.1. The van der Waals surface area contributed by atoms with Gasteiger partial charge in [0.25, 0.3) is 5.91 Å². The fourth-order valence-corrected chi connectivity index (χ4v) is 3.60. The largest absolute Gasteiger partial charge is 0.334 e. The molecule has 1 saturated heterocycles. The number of hydrogen-bond acceptors (Lipinski definition) is 5. The molecule has 0 aliphatic carbocycles. The highest BCUT2D eigenvalue weighted by molar-refractivity contribution is 6.01. The van der Waals surface area contributed by atoms with E-state index in [1.807, 2.05) is 38.9 Å². The zero-order valence-corrected chi connectivity index (χ0v) is 17.2. The number of H-pyrrole nitrogens is 2. The predicted molar refractivity (Wildman–Crippen MR) is 112 cm³/mol. The van der Waals surface area contributed by atoms with Crippen molar-refractivity contribution in [3.8, 4) is 22.4 Å². The molecule has 4 heterocycles. The second-order valence-electron chi connectivity index (χ2n) is 7.69. The Morgan fingerprint density at radius 1 is 1.24 bits per heavy atom. The summed E-state index contributed by atoms with van der Waals surface area (Å²) in [5, 5.41) is 14.3. The van der Waals surface area contributed by atoms with Gasteiger partial charge >= 0.3 is 0 Å². The van der Waals surface area contributed by atoms with E-state index in [-0.39, 0.29) is 5.91 Å². The molecule has 0 unspecified atom stereocenters. The first kappa shape index (κ1) is 19.1. The Balaban J connectivity index is 1.70. The van der Waals surface area contributed by atoms with Crippen LogP contribution in [0.4, 0.5) is 0 Å². The van der Waals surface area contributed by atoms with Crippen LogP contribution in [0.3, 0.4) is 0 Å². The molecule has 3 aromatic rings. The minimum absolute atomic E-state index is 0.0726. The molecule has 8 heteroatoms. The molecule has 0 radical (unpaired) electrons. The van der Waals surface area contributed by atoms with Gasteiger partial charge in [-0.1, -0.05) is 6.58 Å². The van der Waals surface area contributed by atoms with Gasteiger partial charge in [-0.2, -0.15) is 10.2 Å². The third-order valence-electron chi connectivity index (χ3n) is 5.57. The number of aromatic amines is 2. The summed E-state index contributed by atoms with van der Waals surface area (Å²) in [5.41, 5.74) is 6.51. The molecular formula is C21H25N7O. The molecule has 0 atom stereocenters. The van der Waals surface area contributed by atoms with Crippen LogP contribution in [0.15, 0.2) is 25.0 Å². The number of rotatable bonds is 5. The molecule has 0 spiro atoms. The van der Waals surface area contributed by atoms with Crippen molar-refractivity contribution in [2.24, 2.45) is 0 Å². The molecule has 1 fully saturated rings. The van der Waals surface area contributed by atoms with Crippen molar-refractivity contribution in [2.45, 2.75) is 19.9 Å². The van der Waals surface area contributed by atoms with E-state index in [1.54, 1.807) is 18.5 Å². The monoisotopic (exact) mass is 391 g/mol.